The second-order valence-corrected chi connectivity index (χ2v) is 9.13. The van der Waals surface area contributed by atoms with Crippen LogP contribution in [0.2, 0.25) is 0 Å². The van der Waals surface area contributed by atoms with Crippen molar-refractivity contribution in [3.8, 4) is 22.4 Å². The highest BCUT2D eigenvalue weighted by Crippen LogP contribution is 2.37. The van der Waals surface area contributed by atoms with E-state index in [1.807, 2.05) is 31.5 Å². The van der Waals surface area contributed by atoms with Crippen LogP contribution in [0.4, 0.5) is 5.82 Å². The molecule has 0 radical (unpaired) electrons. The van der Waals surface area contributed by atoms with Crippen molar-refractivity contribution in [2.24, 2.45) is 5.92 Å². The van der Waals surface area contributed by atoms with Crippen molar-refractivity contribution in [2.45, 2.75) is 33.1 Å². The van der Waals surface area contributed by atoms with Crippen LogP contribution in [0.1, 0.15) is 37.4 Å². The number of aryl methyl sites for hydroxylation is 1. The molecule has 1 unspecified atom stereocenters. The van der Waals surface area contributed by atoms with Crippen LogP contribution >= 0.6 is 0 Å². The molecule has 0 spiro atoms. The molecule has 33 heavy (non-hydrogen) atoms. The summed E-state index contributed by atoms with van der Waals surface area (Å²) in [6.45, 7) is 8.10. The zero-order valence-corrected chi connectivity index (χ0v) is 19.3. The third kappa shape index (κ3) is 4.26. The molecule has 4 aromatic rings. The molecular formula is C27H29N5O. The van der Waals surface area contributed by atoms with Crippen LogP contribution < -0.4 is 10.6 Å². The molecule has 0 bridgehead atoms. The summed E-state index contributed by atoms with van der Waals surface area (Å²) in [4.78, 5) is 24.8. The van der Waals surface area contributed by atoms with Gasteiger partial charge in [0.2, 0.25) is 5.91 Å². The van der Waals surface area contributed by atoms with Gasteiger partial charge in [-0.15, -0.1) is 0 Å². The van der Waals surface area contributed by atoms with Gasteiger partial charge < -0.3 is 15.6 Å². The average Bonchev–Trinajstić information content (AvgIpc) is 3.47. The minimum absolute atomic E-state index is 0.0234. The third-order valence-corrected chi connectivity index (χ3v) is 6.38. The van der Waals surface area contributed by atoms with Crippen molar-refractivity contribution in [2.75, 3.05) is 18.4 Å². The Kier molecular flexibility index (Phi) is 5.68. The van der Waals surface area contributed by atoms with Gasteiger partial charge in [0.05, 0.1) is 11.6 Å². The van der Waals surface area contributed by atoms with Crippen molar-refractivity contribution >= 4 is 22.6 Å². The van der Waals surface area contributed by atoms with E-state index in [2.05, 4.69) is 69.8 Å². The lowest BCUT2D eigenvalue weighted by Gasteiger charge is -2.11. The van der Waals surface area contributed by atoms with E-state index < -0.39 is 0 Å². The average molecular weight is 440 g/mol. The number of H-pyrrole nitrogens is 1. The van der Waals surface area contributed by atoms with Crippen LogP contribution in [-0.2, 0) is 4.79 Å². The third-order valence-electron chi connectivity index (χ3n) is 6.38. The molecule has 0 aliphatic carbocycles. The van der Waals surface area contributed by atoms with Crippen molar-refractivity contribution < 1.29 is 4.79 Å². The van der Waals surface area contributed by atoms with Gasteiger partial charge in [-0.1, -0.05) is 19.9 Å². The first-order chi connectivity index (χ1) is 16.0. The van der Waals surface area contributed by atoms with Crippen LogP contribution in [0.25, 0.3) is 33.3 Å². The molecule has 1 saturated heterocycles. The van der Waals surface area contributed by atoms with Crippen LogP contribution in [0.15, 0.2) is 54.9 Å². The van der Waals surface area contributed by atoms with Gasteiger partial charge in [-0.2, -0.15) is 0 Å². The highest BCUT2D eigenvalue weighted by Gasteiger charge is 2.22. The fraction of sp³-hybridized carbons (Fsp3) is 0.296. The molecule has 1 fully saturated rings. The monoisotopic (exact) mass is 439 g/mol. The number of benzene rings is 1. The Hall–Kier alpha value is -3.51. The predicted octanol–water partition coefficient (Wildman–Crippen LogP) is 5.27. The van der Waals surface area contributed by atoms with E-state index in [0.717, 1.165) is 53.1 Å². The van der Waals surface area contributed by atoms with Gasteiger partial charge in [0.25, 0.3) is 0 Å². The molecule has 6 nitrogen and oxygen atoms in total. The highest BCUT2D eigenvalue weighted by molar-refractivity contribution is 5.95. The summed E-state index contributed by atoms with van der Waals surface area (Å²) >= 11 is 0. The summed E-state index contributed by atoms with van der Waals surface area (Å²) in [6.07, 6.45) is 4.57. The van der Waals surface area contributed by atoms with Gasteiger partial charge in [0, 0.05) is 46.7 Å². The number of hydrogen-bond acceptors (Lipinski definition) is 4. The molecule has 5 rings (SSSR count). The lowest BCUT2D eigenvalue weighted by Crippen LogP contribution is -2.24. The first-order valence-corrected chi connectivity index (χ1v) is 11.6. The largest absolute Gasteiger partial charge is 0.354 e. The summed E-state index contributed by atoms with van der Waals surface area (Å²) in [5.74, 6) is 1.01. The SMILES string of the molecule is Cc1cc(-c2[nH]c3ccc(-c4ccc(NC(=O)C5CCNC5)nc4)cc3c2C(C)C)ccn1. The van der Waals surface area contributed by atoms with Gasteiger partial charge in [0.15, 0.2) is 0 Å². The van der Waals surface area contributed by atoms with Gasteiger partial charge >= 0.3 is 0 Å². The summed E-state index contributed by atoms with van der Waals surface area (Å²) in [5, 5.41) is 7.39. The maximum absolute atomic E-state index is 12.4. The van der Waals surface area contributed by atoms with E-state index in [9.17, 15) is 4.79 Å². The number of pyridine rings is 2. The molecule has 3 N–H and O–H groups in total. The van der Waals surface area contributed by atoms with Crippen molar-refractivity contribution in [1.82, 2.24) is 20.3 Å². The topological polar surface area (TPSA) is 82.7 Å². The van der Waals surface area contributed by atoms with E-state index in [0.29, 0.717) is 11.7 Å². The first kappa shape index (κ1) is 21.3. The molecule has 0 saturated carbocycles. The number of amides is 1. The second-order valence-electron chi connectivity index (χ2n) is 9.13. The number of carbonyl (C=O) groups is 1. The Bertz CT molecular complexity index is 1300. The Labute approximate surface area is 193 Å². The number of fused-ring (bicyclic) bond motifs is 1. The van der Waals surface area contributed by atoms with Gasteiger partial charge in [-0.25, -0.2) is 4.98 Å². The Morgan fingerprint density at radius 3 is 2.61 bits per heavy atom. The lowest BCUT2D eigenvalue weighted by atomic mass is 9.94. The maximum atomic E-state index is 12.4. The van der Waals surface area contributed by atoms with Crippen molar-refractivity contribution in [3.63, 3.8) is 0 Å². The second kappa shape index (κ2) is 8.79. The first-order valence-electron chi connectivity index (χ1n) is 11.6. The smallest absolute Gasteiger partial charge is 0.229 e. The number of aromatic nitrogens is 3. The Morgan fingerprint density at radius 2 is 1.91 bits per heavy atom. The van der Waals surface area contributed by atoms with Crippen LogP contribution in [-0.4, -0.2) is 33.9 Å². The number of anilines is 1. The molecule has 1 atom stereocenters. The van der Waals surface area contributed by atoms with E-state index in [1.165, 1.54) is 10.9 Å². The standard InChI is InChI=1S/C27H29N5O/c1-16(2)25-22-13-18(4-6-23(22)31-26(25)19-9-11-29-17(3)12-19)20-5-7-24(30-15-20)32-27(33)21-8-10-28-14-21/h4-7,9,11-13,15-16,21,28,31H,8,10,14H2,1-3H3,(H,30,32,33). The summed E-state index contributed by atoms with van der Waals surface area (Å²) in [5.41, 5.74) is 7.86. The predicted molar refractivity (Wildman–Crippen MR) is 133 cm³/mol. The van der Waals surface area contributed by atoms with Gasteiger partial charge in [-0.05, 0) is 73.3 Å². The summed E-state index contributed by atoms with van der Waals surface area (Å²) < 4.78 is 0. The van der Waals surface area contributed by atoms with Crippen LogP contribution in [0.3, 0.4) is 0 Å². The zero-order chi connectivity index (χ0) is 22.9. The van der Waals surface area contributed by atoms with E-state index in [1.54, 1.807) is 0 Å². The zero-order valence-electron chi connectivity index (χ0n) is 19.3. The number of rotatable bonds is 5. The fourth-order valence-electron chi connectivity index (χ4n) is 4.67. The van der Waals surface area contributed by atoms with Crippen LogP contribution in [0, 0.1) is 12.8 Å². The number of carbonyl (C=O) groups excluding carboxylic acids is 1. The number of nitrogens with zero attached hydrogens (tertiary/aromatic N) is 2. The van der Waals surface area contributed by atoms with Crippen LogP contribution in [0.5, 0.6) is 0 Å². The quantitative estimate of drug-likeness (QED) is 0.395. The summed E-state index contributed by atoms with van der Waals surface area (Å²) in [6, 6.07) is 14.6. The Balaban J connectivity index is 1.46. The summed E-state index contributed by atoms with van der Waals surface area (Å²) in [7, 11) is 0. The van der Waals surface area contributed by atoms with Crippen molar-refractivity contribution in [3.05, 3.63) is 66.1 Å². The maximum Gasteiger partial charge on any atom is 0.229 e. The number of nitrogens with one attached hydrogen (secondary N) is 3. The molecule has 3 aromatic heterocycles. The van der Waals surface area contributed by atoms with E-state index in [4.69, 9.17) is 0 Å². The number of aromatic amines is 1. The molecule has 4 heterocycles. The molecule has 1 aromatic carbocycles. The lowest BCUT2D eigenvalue weighted by molar-refractivity contribution is -0.119. The fourth-order valence-corrected chi connectivity index (χ4v) is 4.67. The minimum atomic E-state index is 0.0234. The normalized spacial score (nSPS) is 15.9. The molecule has 168 valence electrons. The van der Waals surface area contributed by atoms with E-state index >= 15 is 0 Å². The highest BCUT2D eigenvalue weighted by atomic mass is 16.2. The molecular weight excluding hydrogens is 410 g/mol. The van der Waals surface area contributed by atoms with E-state index in [-0.39, 0.29) is 11.8 Å². The minimum Gasteiger partial charge on any atom is -0.354 e. The van der Waals surface area contributed by atoms with Gasteiger partial charge in [-0.3, -0.25) is 9.78 Å². The van der Waals surface area contributed by atoms with Gasteiger partial charge in [0.1, 0.15) is 5.82 Å². The molecule has 6 heteroatoms. The van der Waals surface area contributed by atoms with Crippen molar-refractivity contribution in [1.29, 1.82) is 0 Å². The number of hydrogen-bond donors (Lipinski definition) is 3. The molecule has 1 aliphatic heterocycles. The molecule has 1 aliphatic rings. The molecule has 1 amide bonds. The Morgan fingerprint density at radius 1 is 1.06 bits per heavy atom.